The number of rotatable bonds is 8. The molecule has 174 valence electrons. The standard InChI is InChI=1S/C24H23ClFNO4S2/c1-2-29-20-11-16(10-19(25)22(20)31-14-15-5-3-6-17(26)9-15)12-21-23(28)27(24(32)33-21)13-18-7-4-8-30-18/h3,5-6,9-12,18H,2,4,7-8,13-14H2,1H3/b21-12-/t18-/m1/s1. The molecule has 9 heteroatoms. The molecule has 0 unspecified atom stereocenters. The van der Waals surface area contributed by atoms with Gasteiger partial charge >= 0.3 is 0 Å². The van der Waals surface area contributed by atoms with E-state index in [0.717, 1.165) is 19.4 Å². The summed E-state index contributed by atoms with van der Waals surface area (Å²) in [6.45, 7) is 3.59. The Labute approximate surface area is 206 Å². The summed E-state index contributed by atoms with van der Waals surface area (Å²) < 4.78 is 31.2. The molecule has 1 atom stereocenters. The van der Waals surface area contributed by atoms with Crippen molar-refractivity contribution in [3.8, 4) is 11.5 Å². The van der Waals surface area contributed by atoms with E-state index in [2.05, 4.69) is 0 Å². The number of ether oxygens (including phenoxy) is 3. The number of halogens is 2. The van der Waals surface area contributed by atoms with E-state index in [-0.39, 0.29) is 24.4 Å². The van der Waals surface area contributed by atoms with Crippen LogP contribution in [0.5, 0.6) is 11.5 Å². The van der Waals surface area contributed by atoms with E-state index >= 15 is 0 Å². The van der Waals surface area contributed by atoms with E-state index in [1.807, 2.05) is 6.92 Å². The van der Waals surface area contributed by atoms with Gasteiger partial charge in [-0.1, -0.05) is 47.7 Å². The zero-order chi connectivity index (χ0) is 23.4. The number of carbonyl (C=O) groups is 1. The van der Waals surface area contributed by atoms with Crippen LogP contribution in [0.4, 0.5) is 4.39 Å². The Bertz CT molecular complexity index is 1090. The molecule has 2 heterocycles. The normalized spacial score (nSPS) is 19.5. The van der Waals surface area contributed by atoms with Gasteiger partial charge < -0.3 is 14.2 Å². The summed E-state index contributed by atoms with van der Waals surface area (Å²) in [4.78, 5) is 15.1. The van der Waals surface area contributed by atoms with Crippen LogP contribution < -0.4 is 9.47 Å². The second kappa shape index (κ2) is 10.9. The summed E-state index contributed by atoms with van der Waals surface area (Å²) in [5.74, 6) is 0.341. The van der Waals surface area contributed by atoms with Crippen LogP contribution in [0.25, 0.3) is 6.08 Å². The van der Waals surface area contributed by atoms with Gasteiger partial charge in [0, 0.05) is 6.61 Å². The van der Waals surface area contributed by atoms with Crippen molar-refractivity contribution in [2.75, 3.05) is 19.8 Å². The number of hydrogen-bond acceptors (Lipinski definition) is 6. The molecule has 4 rings (SSSR count). The Balaban J connectivity index is 1.53. The first-order chi connectivity index (χ1) is 15.9. The van der Waals surface area contributed by atoms with Gasteiger partial charge in [-0.25, -0.2) is 4.39 Å². The molecule has 0 N–H and O–H groups in total. The van der Waals surface area contributed by atoms with Crippen LogP contribution in [0.1, 0.15) is 30.9 Å². The lowest BCUT2D eigenvalue weighted by Gasteiger charge is -2.18. The average Bonchev–Trinajstić information content (AvgIpc) is 3.38. The SMILES string of the molecule is CCOc1cc(/C=C2\SC(=S)N(C[C@H]3CCCO3)C2=O)cc(Cl)c1OCc1cccc(F)c1. The van der Waals surface area contributed by atoms with Crippen molar-refractivity contribution in [2.24, 2.45) is 0 Å². The van der Waals surface area contributed by atoms with E-state index in [4.69, 9.17) is 38.0 Å². The highest BCUT2D eigenvalue weighted by Gasteiger charge is 2.34. The molecule has 2 aromatic carbocycles. The molecule has 5 nitrogen and oxygen atoms in total. The quantitative estimate of drug-likeness (QED) is 0.330. The molecule has 0 saturated carbocycles. The predicted octanol–water partition coefficient (Wildman–Crippen LogP) is 5.84. The zero-order valence-electron chi connectivity index (χ0n) is 18.0. The molecule has 1 amide bonds. The van der Waals surface area contributed by atoms with E-state index < -0.39 is 0 Å². The zero-order valence-corrected chi connectivity index (χ0v) is 20.4. The van der Waals surface area contributed by atoms with Crippen molar-refractivity contribution in [2.45, 2.75) is 32.5 Å². The molecule has 2 aromatic rings. The van der Waals surface area contributed by atoms with E-state index in [1.165, 1.54) is 23.9 Å². The Morgan fingerprint density at radius 3 is 2.91 bits per heavy atom. The number of thiocarbonyl (C=S) groups is 1. The number of hydrogen-bond donors (Lipinski definition) is 0. The van der Waals surface area contributed by atoms with Crippen molar-refractivity contribution in [1.29, 1.82) is 0 Å². The van der Waals surface area contributed by atoms with E-state index in [0.29, 0.717) is 50.0 Å². The topological polar surface area (TPSA) is 48.0 Å². The lowest BCUT2D eigenvalue weighted by Crippen LogP contribution is -2.35. The van der Waals surface area contributed by atoms with Crippen molar-refractivity contribution < 1.29 is 23.4 Å². The molecule has 0 aliphatic carbocycles. The van der Waals surface area contributed by atoms with Crippen molar-refractivity contribution in [3.63, 3.8) is 0 Å². The maximum Gasteiger partial charge on any atom is 0.266 e. The second-order valence-electron chi connectivity index (χ2n) is 7.61. The first-order valence-corrected chi connectivity index (χ1v) is 12.3. The van der Waals surface area contributed by atoms with Gasteiger partial charge in [-0.15, -0.1) is 0 Å². The highest BCUT2D eigenvalue weighted by Crippen LogP contribution is 2.40. The maximum absolute atomic E-state index is 13.5. The van der Waals surface area contributed by atoms with Crippen molar-refractivity contribution in [1.82, 2.24) is 4.90 Å². The highest BCUT2D eigenvalue weighted by molar-refractivity contribution is 8.26. The summed E-state index contributed by atoms with van der Waals surface area (Å²) in [6, 6.07) is 9.64. The van der Waals surface area contributed by atoms with E-state index in [9.17, 15) is 9.18 Å². The molecular formula is C24H23ClFNO4S2. The van der Waals surface area contributed by atoms with Crippen LogP contribution >= 0.6 is 35.6 Å². The van der Waals surface area contributed by atoms with Crippen molar-refractivity contribution in [3.05, 3.63) is 63.3 Å². The summed E-state index contributed by atoms with van der Waals surface area (Å²) in [5.41, 5.74) is 1.37. The fraction of sp³-hybridized carbons (Fsp3) is 0.333. The maximum atomic E-state index is 13.5. The van der Waals surface area contributed by atoms with Crippen LogP contribution in [-0.2, 0) is 16.1 Å². The molecule has 0 spiro atoms. The summed E-state index contributed by atoms with van der Waals surface area (Å²) >= 11 is 13.2. The van der Waals surface area contributed by atoms with Crippen LogP contribution in [0.15, 0.2) is 41.3 Å². The largest absolute Gasteiger partial charge is 0.490 e. The van der Waals surface area contributed by atoms with Crippen LogP contribution in [-0.4, -0.2) is 41.0 Å². The molecule has 0 aromatic heterocycles. The molecule has 2 saturated heterocycles. The average molecular weight is 508 g/mol. The van der Waals surface area contributed by atoms with Crippen LogP contribution in [0.2, 0.25) is 5.02 Å². The third-order valence-electron chi connectivity index (χ3n) is 5.19. The molecule has 2 aliphatic heterocycles. The molecule has 0 bridgehead atoms. The summed E-state index contributed by atoms with van der Waals surface area (Å²) in [7, 11) is 0. The Morgan fingerprint density at radius 2 is 2.18 bits per heavy atom. The number of amides is 1. The third kappa shape index (κ3) is 5.87. The number of carbonyl (C=O) groups excluding carboxylic acids is 1. The summed E-state index contributed by atoms with van der Waals surface area (Å²) in [6.07, 6.45) is 3.71. The van der Waals surface area contributed by atoms with Crippen molar-refractivity contribution >= 4 is 51.9 Å². The summed E-state index contributed by atoms with van der Waals surface area (Å²) in [5, 5.41) is 0.332. The Kier molecular flexibility index (Phi) is 7.90. The second-order valence-corrected chi connectivity index (χ2v) is 9.69. The fourth-order valence-corrected chi connectivity index (χ4v) is 5.21. The molecule has 2 aliphatic rings. The highest BCUT2D eigenvalue weighted by atomic mass is 35.5. The number of benzene rings is 2. The molecule has 0 radical (unpaired) electrons. The molecule has 2 fully saturated rings. The lowest BCUT2D eigenvalue weighted by molar-refractivity contribution is -0.123. The third-order valence-corrected chi connectivity index (χ3v) is 6.84. The van der Waals surface area contributed by atoms with E-state index in [1.54, 1.807) is 35.2 Å². The van der Waals surface area contributed by atoms with Gasteiger partial charge in [0.25, 0.3) is 5.91 Å². The van der Waals surface area contributed by atoms with Crippen LogP contribution in [0, 0.1) is 5.82 Å². The number of thioether (sulfide) groups is 1. The lowest BCUT2D eigenvalue weighted by atomic mass is 10.1. The predicted molar refractivity (Wildman–Crippen MR) is 132 cm³/mol. The minimum Gasteiger partial charge on any atom is -0.490 e. The first-order valence-electron chi connectivity index (χ1n) is 10.6. The Morgan fingerprint density at radius 1 is 1.33 bits per heavy atom. The van der Waals surface area contributed by atoms with Gasteiger partial charge in [-0.05, 0) is 61.2 Å². The fourth-order valence-electron chi connectivity index (χ4n) is 3.66. The monoisotopic (exact) mass is 507 g/mol. The van der Waals surface area contributed by atoms with Gasteiger partial charge in [-0.2, -0.15) is 0 Å². The van der Waals surface area contributed by atoms with Gasteiger partial charge in [0.15, 0.2) is 11.5 Å². The minimum absolute atomic E-state index is 0.0281. The molecular weight excluding hydrogens is 485 g/mol. The van der Waals surface area contributed by atoms with Gasteiger partial charge in [0.05, 0.1) is 29.2 Å². The van der Waals surface area contributed by atoms with Crippen LogP contribution in [0.3, 0.4) is 0 Å². The first kappa shape index (κ1) is 24.0. The smallest absolute Gasteiger partial charge is 0.266 e. The van der Waals surface area contributed by atoms with Gasteiger partial charge in [0.1, 0.15) is 16.7 Å². The van der Waals surface area contributed by atoms with Gasteiger partial charge in [0.2, 0.25) is 0 Å². The minimum atomic E-state index is -0.334. The Hall–Kier alpha value is -2.13. The molecule has 33 heavy (non-hydrogen) atoms. The number of nitrogens with zero attached hydrogens (tertiary/aromatic N) is 1. The van der Waals surface area contributed by atoms with Gasteiger partial charge in [-0.3, -0.25) is 9.69 Å².